The van der Waals surface area contributed by atoms with Crippen molar-refractivity contribution in [1.82, 2.24) is 5.32 Å². The number of carbonyl (C=O) groups is 1. The number of benzene rings is 2. The van der Waals surface area contributed by atoms with Crippen LogP contribution in [0.3, 0.4) is 0 Å². The van der Waals surface area contributed by atoms with E-state index in [0.29, 0.717) is 5.69 Å². The van der Waals surface area contributed by atoms with Crippen LogP contribution >= 0.6 is 0 Å². The predicted octanol–water partition coefficient (Wildman–Crippen LogP) is 3.89. The maximum atomic E-state index is 13.0. The normalized spacial score (nSPS) is 12.5. The van der Waals surface area contributed by atoms with Crippen LogP contribution in [-0.4, -0.2) is 11.4 Å². The largest absolute Gasteiger partial charge is 0.370 e. The lowest BCUT2D eigenvalue weighted by Crippen LogP contribution is -2.44. The topological polar surface area (TPSA) is 41.1 Å². The molecule has 2 aromatic carbocycles. The molecule has 3 nitrogen and oxygen atoms in total. The molecule has 0 bridgehead atoms. The maximum absolute atomic E-state index is 13.0. The van der Waals surface area contributed by atoms with E-state index in [1.54, 1.807) is 12.1 Å². The molecular weight excluding hydrogens is 279 g/mol. The highest BCUT2D eigenvalue weighted by Gasteiger charge is 2.24. The summed E-state index contributed by atoms with van der Waals surface area (Å²) in [5, 5.41) is 6.14. The van der Waals surface area contributed by atoms with Gasteiger partial charge in [-0.3, -0.25) is 4.79 Å². The second-order valence-corrected chi connectivity index (χ2v) is 6.23. The fraction of sp³-hybridized carbons (Fsp3) is 0.278. The van der Waals surface area contributed by atoms with Gasteiger partial charge >= 0.3 is 0 Å². The monoisotopic (exact) mass is 300 g/mol. The summed E-state index contributed by atoms with van der Waals surface area (Å²) in [5.74, 6) is -0.427. The molecule has 0 aliphatic heterocycles. The van der Waals surface area contributed by atoms with Gasteiger partial charge in [-0.05, 0) is 50.6 Å². The molecule has 1 amide bonds. The van der Waals surface area contributed by atoms with E-state index in [4.69, 9.17) is 0 Å². The SMILES string of the molecule is CC(C)(C)NC(=O)C(Nc1ccc(F)cc1)c1ccccc1. The minimum absolute atomic E-state index is 0.122. The molecule has 0 saturated carbocycles. The van der Waals surface area contributed by atoms with Gasteiger partial charge in [-0.2, -0.15) is 0 Å². The highest BCUT2D eigenvalue weighted by atomic mass is 19.1. The molecule has 0 radical (unpaired) electrons. The summed E-state index contributed by atoms with van der Waals surface area (Å²) in [6.45, 7) is 5.81. The van der Waals surface area contributed by atoms with E-state index in [9.17, 15) is 9.18 Å². The first-order chi connectivity index (χ1) is 10.3. The van der Waals surface area contributed by atoms with Gasteiger partial charge in [0.2, 0.25) is 5.91 Å². The third-order valence-corrected chi connectivity index (χ3v) is 3.05. The summed E-state index contributed by atoms with van der Waals surface area (Å²) >= 11 is 0. The number of rotatable bonds is 4. The molecule has 0 spiro atoms. The van der Waals surface area contributed by atoms with Crippen molar-refractivity contribution < 1.29 is 9.18 Å². The lowest BCUT2D eigenvalue weighted by molar-refractivity contribution is -0.123. The number of halogens is 1. The van der Waals surface area contributed by atoms with Gasteiger partial charge < -0.3 is 10.6 Å². The molecule has 116 valence electrons. The van der Waals surface area contributed by atoms with Gasteiger partial charge in [-0.1, -0.05) is 30.3 Å². The van der Waals surface area contributed by atoms with E-state index in [1.165, 1.54) is 12.1 Å². The van der Waals surface area contributed by atoms with Gasteiger partial charge in [0.25, 0.3) is 0 Å². The lowest BCUT2D eigenvalue weighted by Gasteiger charge is -2.26. The van der Waals surface area contributed by atoms with Gasteiger partial charge in [0.1, 0.15) is 11.9 Å². The molecule has 0 fully saturated rings. The van der Waals surface area contributed by atoms with Crippen LogP contribution in [0.5, 0.6) is 0 Å². The van der Waals surface area contributed by atoms with Crippen molar-refractivity contribution in [1.29, 1.82) is 0 Å². The zero-order valence-corrected chi connectivity index (χ0v) is 13.1. The third-order valence-electron chi connectivity index (χ3n) is 3.05. The summed E-state index contributed by atoms with van der Waals surface area (Å²) < 4.78 is 13.0. The van der Waals surface area contributed by atoms with Gasteiger partial charge in [0, 0.05) is 11.2 Å². The van der Waals surface area contributed by atoms with Crippen LogP contribution in [0.2, 0.25) is 0 Å². The zero-order valence-electron chi connectivity index (χ0n) is 13.1. The minimum atomic E-state index is -0.536. The average Bonchev–Trinajstić information content (AvgIpc) is 2.45. The second kappa shape index (κ2) is 6.60. The van der Waals surface area contributed by atoms with Crippen molar-refractivity contribution >= 4 is 11.6 Å². The molecule has 0 aliphatic rings. The summed E-state index contributed by atoms with van der Waals surface area (Å²) in [5.41, 5.74) is 1.22. The van der Waals surface area contributed by atoms with Crippen LogP contribution in [0.4, 0.5) is 10.1 Å². The van der Waals surface area contributed by atoms with E-state index >= 15 is 0 Å². The Bertz CT molecular complexity index is 618. The lowest BCUT2D eigenvalue weighted by atomic mass is 10.0. The van der Waals surface area contributed by atoms with Gasteiger partial charge in [0.05, 0.1) is 0 Å². The van der Waals surface area contributed by atoms with Crippen molar-refractivity contribution in [3.05, 3.63) is 66.0 Å². The number of hydrogen-bond donors (Lipinski definition) is 2. The number of carbonyl (C=O) groups excluding carboxylic acids is 1. The van der Waals surface area contributed by atoms with Crippen LogP contribution in [0.25, 0.3) is 0 Å². The Kier molecular flexibility index (Phi) is 4.81. The molecule has 0 aromatic heterocycles. The van der Waals surface area contributed by atoms with E-state index in [0.717, 1.165) is 5.56 Å². The average molecular weight is 300 g/mol. The molecule has 2 N–H and O–H groups in total. The van der Waals surface area contributed by atoms with Crippen LogP contribution in [-0.2, 0) is 4.79 Å². The second-order valence-electron chi connectivity index (χ2n) is 6.23. The Hall–Kier alpha value is -2.36. The molecule has 0 aliphatic carbocycles. The number of nitrogens with one attached hydrogen (secondary N) is 2. The summed E-state index contributed by atoms with van der Waals surface area (Å²) in [7, 11) is 0. The smallest absolute Gasteiger partial charge is 0.247 e. The van der Waals surface area contributed by atoms with Gasteiger partial charge in [-0.25, -0.2) is 4.39 Å². The van der Waals surface area contributed by atoms with Gasteiger partial charge in [-0.15, -0.1) is 0 Å². The first kappa shape index (κ1) is 16.0. The van der Waals surface area contributed by atoms with Crippen LogP contribution in [0, 0.1) is 5.82 Å². The molecule has 1 unspecified atom stereocenters. The van der Waals surface area contributed by atoms with E-state index in [2.05, 4.69) is 10.6 Å². The third kappa shape index (κ3) is 4.58. The van der Waals surface area contributed by atoms with Crippen molar-refractivity contribution in [2.45, 2.75) is 32.4 Å². The van der Waals surface area contributed by atoms with Crippen molar-refractivity contribution in [2.24, 2.45) is 0 Å². The fourth-order valence-electron chi connectivity index (χ4n) is 2.10. The Morgan fingerprint density at radius 2 is 1.59 bits per heavy atom. The summed E-state index contributed by atoms with van der Waals surface area (Å²) in [4.78, 5) is 12.6. The van der Waals surface area contributed by atoms with Gasteiger partial charge in [0.15, 0.2) is 0 Å². The molecule has 2 rings (SSSR count). The highest BCUT2D eigenvalue weighted by Crippen LogP contribution is 2.21. The fourth-order valence-corrected chi connectivity index (χ4v) is 2.10. The minimum Gasteiger partial charge on any atom is -0.370 e. The Morgan fingerprint density at radius 1 is 1.00 bits per heavy atom. The molecule has 0 heterocycles. The van der Waals surface area contributed by atoms with Crippen LogP contribution < -0.4 is 10.6 Å². The molecular formula is C18H21FN2O. The summed E-state index contributed by atoms with van der Waals surface area (Å²) in [6.07, 6.45) is 0. The first-order valence-corrected chi connectivity index (χ1v) is 7.24. The molecule has 2 aromatic rings. The van der Waals surface area contributed by atoms with Crippen molar-refractivity contribution in [3.63, 3.8) is 0 Å². The Balaban J connectivity index is 2.25. The quantitative estimate of drug-likeness (QED) is 0.899. The van der Waals surface area contributed by atoms with Crippen molar-refractivity contribution in [2.75, 3.05) is 5.32 Å². The molecule has 4 heteroatoms. The number of anilines is 1. The number of amides is 1. The van der Waals surface area contributed by atoms with E-state index in [-0.39, 0.29) is 17.3 Å². The predicted molar refractivity (Wildman–Crippen MR) is 87.1 cm³/mol. The molecule has 1 atom stereocenters. The van der Waals surface area contributed by atoms with Crippen LogP contribution in [0.15, 0.2) is 54.6 Å². The molecule has 0 saturated heterocycles. The molecule has 22 heavy (non-hydrogen) atoms. The van der Waals surface area contributed by atoms with E-state index < -0.39 is 6.04 Å². The maximum Gasteiger partial charge on any atom is 0.247 e. The summed E-state index contributed by atoms with van der Waals surface area (Å²) in [6, 6.07) is 14.9. The van der Waals surface area contributed by atoms with Crippen LogP contribution in [0.1, 0.15) is 32.4 Å². The highest BCUT2D eigenvalue weighted by molar-refractivity contribution is 5.86. The standard InChI is InChI=1S/C18H21FN2O/c1-18(2,3)21-17(22)16(13-7-5-4-6-8-13)20-15-11-9-14(19)10-12-15/h4-12,16,20H,1-3H3,(H,21,22). The van der Waals surface area contributed by atoms with E-state index in [1.807, 2.05) is 51.1 Å². The number of hydrogen-bond acceptors (Lipinski definition) is 2. The zero-order chi connectivity index (χ0) is 16.2. The Morgan fingerprint density at radius 3 is 2.14 bits per heavy atom. The first-order valence-electron chi connectivity index (χ1n) is 7.24. The Labute approximate surface area is 130 Å². The van der Waals surface area contributed by atoms with Crippen molar-refractivity contribution in [3.8, 4) is 0 Å².